The lowest BCUT2D eigenvalue weighted by molar-refractivity contribution is -0.185. The van der Waals surface area contributed by atoms with Crippen molar-refractivity contribution >= 4 is 10.8 Å². The number of ether oxygens (including phenoxy) is 1. The van der Waals surface area contributed by atoms with Gasteiger partial charge in [-0.15, -0.1) is 0 Å². The zero-order valence-corrected chi connectivity index (χ0v) is 17.8. The highest BCUT2D eigenvalue weighted by Crippen LogP contribution is 2.38. The molecule has 0 N–H and O–H groups in total. The molecule has 0 amide bonds. The Hall–Kier alpha value is -1.75. The van der Waals surface area contributed by atoms with Crippen LogP contribution in [0.2, 0.25) is 0 Å². The van der Waals surface area contributed by atoms with Crippen LogP contribution in [0, 0.1) is 5.92 Å². The van der Waals surface area contributed by atoms with Gasteiger partial charge in [0.2, 0.25) is 0 Å². The first-order valence-electron chi connectivity index (χ1n) is 11.4. The average Bonchev–Trinajstić information content (AvgIpc) is 2.74. The Labute approximate surface area is 177 Å². The predicted octanol–water partition coefficient (Wildman–Crippen LogP) is 7.10. The van der Waals surface area contributed by atoms with Crippen LogP contribution in [0.1, 0.15) is 63.9 Å². The Balaban J connectivity index is 1.39. The zero-order chi connectivity index (χ0) is 21.1. The van der Waals surface area contributed by atoms with Crippen molar-refractivity contribution in [2.75, 3.05) is 6.54 Å². The summed E-state index contributed by atoms with van der Waals surface area (Å²) in [4.78, 5) is 2.61. The molecule has 4 rings (SSSR count). The minimum absolute atomic E-state index is 0.120. The van der Waals surface area contributed by atoms with Crippen molar-refractivity contribution in [2.24, 2.45) is 5.92 Å². The fourth-order valence-corrected chi connectivity index (χ4v) is 5.11. The lowest BCUT2D eigenvalue weighted by atomic mass is 9.87. The van der Waals surface area contributed by atoms with Crippen LogP contribution in [0.3, 0.4) is 0 Å². The number of likely N-dealkylation sites (tertiary alicyclic amines) is 1. The molecule has 1 heterocycles. The number of hydrogen-bond donors (Lipinski definition) is 0. The molecule has 0 radical (unpaired) electrons. The summed E-state index contributed by atoms with van der Waals surface area (Å²) in [6, 6.07) is 13.3. The van der Waals surface area contributed by atoms with Gasteiger partial charge in [0.05, 0.1) is 12.0 Å². The van der Waals surface area contributed by atoms with Crippen molar-refractivity contribution < 1.29 is 17.9 Å². The molecule has 1 atom stereocenters. The lowest BCUT2D eigenvalue weighted by Crippen LogP contribution is -2.38. The summed E-state index contributed by atoms with van der Waals surface area (Å²) in [6.45, 7) is 4.45. The van der Waals surface area contributed by atoms with Crippen molar-refractivity contribution in [1.29, 1.82) is 0 Å². The van der Waals surface area contributed by atoms with E-state index in [1.165, 1.54) is 43.2 Å². The Kier molecular flexibility index (Phi) is 6.57. The van der Waals surface area contributed by atoms with E-state index in [4.69, 9.17) is 4.74 Å². The third kappa shape index (κ3) is 5.11. The van der Waals surface area contributed by atoms with Crippen molar-refractivity contribution in [1.82, 2.24) is 4.90 Å². The molecule has 1 saturated carbocycles. The third-order valence-electron chi connectivity index (χ3n) is 6.92. The minimum atomic E-state index is -4.07. The zero-order valence-electron chi connectivity index (χ0n) is 17.8. The highest BCUT2D eigenvalue weighted by molar-refractivity contribution is 5.84. The number of rotatable bonds is 5. The summed E-state index contributed by atoms with van der Waals surface area (Å²) in [5.74, 6) is -0.410. The molecule has 0 spiro atoms. The van der Waals surface area contributed by atoms with Gasteiger partial charge in [0.25, 0.3) is 0 Å². The molecule has 164 valence electrons. The molecule has 2 fully saturated rings. The quantitative estimate of drug-likeness (QED) is 0.512. The molecule has 30 heavy (non-hydrogen) atoms. The molecule has 2 aromatic carbocycles. The number of hydrogen-bond acceptors (Lipinski definition) is 2. The van der Waals surface area contributed by atoms with Gasteiger partial charge in [-0.25, -0.2) is 0 Å². The second-order valence-electron chi connectivity index (χ2n) is 9.00. The van der Waals surface area contributed by atoms with E-state index in [9.17, 15) is 13.2 Å². The van der Waals surface area contributed by atoms with E-state index >= 15 is 0 Å². The van der Waals surface area contributed by atoms with Crippen LogP contribution < -0.4 is 4.74 Å². The molecule has 2 nitrogen and oxygen atoms in total. The number of fused-ring (bicyclic) bond motifs is 1. The number of alkyl halides is 3. The third-order valence-corrected chi connectivity index (χ3v) is 6.92. The normalized spacial score (nSPS) is 26.1. The van der Waals surface area contributed by atoms with Gasteiger partial charge in [-0.3, -0.25) is 4.90 Å². The average molecular weight is 420 g/mol. The van der Waals surface area contributed by atoms with Crippen molar-refractivity contribution in [3.8, 4) is 5.75 Å². The minimum Gasteiger partial charge on any atom is -0.490 e. The lowest BCUT2D eigenvalue weighted by Gasteiger charge is -2.35. The monoisotopic (exact) mass is 419 g/mol. The largest absolute Gasteiger partial charge is 0.490 e. The smallest absolute Gasteiger partial charge is 0.391 e. The molecule has 5 heteroatoms. The first kappa shape index (κ1) is 21.5. The van der Waals surface area contributed by atoms with Gasteiger partial charge in [0.15, 0.2) is 0 Å². The fraction of sp³-hybridized carbons (Fsp3) is 0.600. The molecular formula is C25H32F3NO. The van der Waals surface area contributed by atoms with Crippen LogP contribution >= 0.6 is 0 Å². The van der Waals surface area contributed by atoms with Gasteiger partial charge in [0, 0.05) is 12.6 Å². The van der Waals surface area contributed by atoms with E-state index in [0.29, 0.717) is 18.9 Å². The van der Waals surface area contributed by atoms with Crippen LogP contribution in [0.5, 0.6) is 5.75 Å². The summed E-state index contributed by atoms with van der Waals surface area (Å²) in [6.07, 6.45) is 2.21. The standard InChI is InChI=1S/C25H32F3NO/c1-2-22-5-3-4-14-29(22)17-18-6-7-20-16-24(11-8-19(20)15-18)30-23-12-9-21(10-13-23)25(26,27)28/h6-8,11,15-16,21-23H,2-5,9-10,12-14,17H2,1H3. The Bertz CT molecular complexity index is 842. The summed E-state index contributed by atoms with van der Waals surface area (Å²) >= 11 is 0. The second-order valence-corrected chi connectivity index (χ2v) is 9.00. The summed E-state index contributed by atoms with van der Waals surface area (Å²) in [7, 11) is 0. The Morgan fingerprint density at radius 3 is 2.40 bits per heavy atom. The maximum atomic E-state index is 12.8. The first-order valence-corrected chi connectivity index (χ1v) is 11.4. The predicted molar refractivity (Wildman–Crippen MR) is 115 cm³/mol. The molecule has 0 aromatic heterocycles. The number of piperidine rings is 1. The molecule has 2 aliphatic rings. The Morgan fingerprint density at radius 2 is 1.67 bits per heavy atom. The summed E-state index contributed by atoms with van der Waals surface area (Å²) < 4.78 is 44.6. The van der Waals surface area contributed by atoms with Gasteiger partial charge >= 0.3 is 6.18 Å². The molecule has 1 aliphatic carbocycles. The van der Waals surface area contributed by atoms with Crippen molar-refractivity contribution in [3.63, 3.8) is 0 Å². The maximum Gasteiger partial charge on any atom is 0.391 e. The molecule has 1 aliphatic heterocycles. The molecule has 2 aromatic rings. The van der Waals surface area contributed by atoms with E-state index in [-0.39, 0.29) is 18.9 Å². The first-order chi connectivity index (χ1) is 14.4. The van der Waals surface area contributed by atoms with Crippen LogP contribution in [-0.2, 0) is 6.54 Å². The van der Waals surface area contributed by atoms with E-state index in [0.717, 1.165) is 17.7 Å². The van der Waals surface area contributed by atoms with Crippen LogP contribution in [0.4, 0.5) is 13.2 Å². The molecule has 1 unspecified atom stereocenters. The molecule has 1 saturated heterocycles. The van der Waals surface area contributed by atoms with E-state index < -0.39 is 12.1 Å². The highest BCUT2D eigenvalue weighted by atomic mass is 19.4. The van der Waals surface area contributed by atoms with Crippen LogP contribution in [0.15, 0.2) is 36.4 Å². The molecule has 0 bridgehead atoms. The number of benzene rings is 2. The van der Waals surface area contributed by atoms with Crippen LogP contribution in [0.25, 0.3) is 10.8 Å². The summed E-state index contributed by atoms with van der Waals surface area (Å²) in [5, 5.41) is 2.30. The fourth-order valence-electron chi connectivity index (χ4n) is 5.11. The van der Waals surface area contributed by atoms with E-state index in [1.54, 1.807) is 0 Å². The molecular weight excluding hydrogens is 387 g/mol. The number of halogens is 3. The van der Waals surface area contributed by atoms with Gasteiger partial charge in [-0.2, -0.15) is 13.2 Å². The van der Waals surface area contributed by atoms with E-state index in [2.05, 4.69) is 36.1 Å². The van der Waals surface area contributed by atoms with Gasteiger partial charge < -0.3 is 4.74 Å². The van der Waals surface area contributed by atoms with Crippen molar-refractivity contribution in [3.05, 3.63) is 42.0 Å². The maximum absolute atomic E-state index is 12.8. The van der Waals surface area contributed by atoms with E-state index in [1.807, 2.05) is 12.1 Å². The van der Waals surface area contributed by atoms with Crippen molar-refractivity contribution in [2.45, 2.75) is 83.2 Å². The topological polar surface area (TPSA) is 12.5 Å². The highest BCUT2D eigenvalue weighted by Gasteiger charge is 2.41. The van der Waals surface area contributed by atoms with Gasteiger partial charge in [0.1, 0.15) is 5.75 Å². The summed E-state index contributed by atoms with van der Waals surface area (Å²) in [5.41, 5.74) is 1.34. The van der Waals surface area contributed by atoms with Crippen LogP contribution in [-0.4, -0.2) is 29.8 Å². The number of nitrogens with zero attached hydrogens (tertiary/aromatic N) is 1. The van der Waals surface area contributed by atoms with Gasteiger partial charge in [-0.1, -0.05) is 31.5 Å². The Morgan fingerprint density at radius 1 is 0.933 bits per heavy atom. The van der Waals surface area contributed by atoms with Gasteiger partial charge in [-0.05, 0) is 86.0 Å². The second kappa shape index (κ2) is 9.17. The SMILES string of the molecule is CCC1CCCCN1Cc1ccc2cc(OC3CCC(C(F)(F)F)CC3)ccc2c1.